The maximum atomic E-state index is 12.7. The van der Waals surface area contributed by atoms with E-state index < -0.39 is 0 Å². The van der Waals surface area contributed by atoms with Crippen molar-refractivity contribution >= 4 is 22.7 Å². The number of carbonyl (C=O) groups excluding carboxylic acids is 2. The Balaban J connectivity index is 1.31. The zero-order valence-electron chi connectivity index (χ0n) is 17.7. The summed E-state index contributed by atoms with van der Waals surface area (Å²) in [4.78, 5) is 45.9. The minimum absolute atomic E-state index is 0.0225. The van der Waals surface area contributed by atoms with E-state index >= 15 is 0 Å². The van der Waals surface area contributed by atoms with Crippen molar-refractivity contribution in [3.63, 3.8) is 0 Å². The van der Waals surface area contributed by atoms with Crippen LogP contribution in [0.4, 0.5) is 0 Å². The summed E-state index contributed by atoms with van der Waals surface area (Å²) in [6.45, 7) is 4.06. The number of piperazine rings is 1. The van der Waals surface area contributed by atoms with Crippen molar-refractivity contribution in [3.05, 3.63) is 40.4 Å². The Labute approximate surface area is 176 Å². The molecule has 1 aromatic heterocycles. The average Bonchev–Trinajstić information content (AvgIpc) is 3.28. The van der Waals surface area contributed by atoms with Crippen LogP contribution in [0.25, 0.3) is 10.9 Å². The van der Waals surface area contributed by atoms with Crippen LogP contribution in [0.2, 0.25) is 0 Å². The number of aryl methyl sites for hydroxylation is 1. The van der Waals surface area contributed by atoms with E-state index in [1.54, 1.807) is 11.0 Å². The Kier molecular flexibility index (Phi) is 6.16. The van der Waals surface area contributed by atoms with Crippen LogP contribution in [0.15, 0.2) is 29.3 Å². The normalized spacial score (nSPS) is 17.6. The Morgan fingerprint density at radius 1 is 1.03 bits per heavy atom. The average molecular weight is 411 g/mol. The zero-order valence-corrected chi connectivity index (χ0v) is 17.7. The van der Waals surface area contributed by atoms with Crippen LogP contribution in [0.5, 0.6) is 0 Å². The molecule has 2 amide bonds. The molecule has 0 spiro atoms. The molecule has 1 saturated carbocycles. The van der Waals surface area contributed by atoms with Gasteiger partial charge in [0.05, 0.1) is 17.2 Å². The Morgan fingerprint density at radius 2 is 1.70 bits per heavy atom. The molecular weight excluding hydrogens is 380 g/mol. The maximum Gasteiger partial charge on any atom is 0.261 e. The minimum atomic E-state index is -0.197. The Morgan fingerprint density at radius 3 is 2.40 bits per heavy atom. The lowest BCUT2D eigenvalue weighted by Gasteiger charge is -2.35. The number of nitrogens with zero attached hydrogens (tertiary/aromatic N) is 4. The third-order valence-electron chi connectivity index (χ3n) is 6.59. The van der Waals surface area contributed by atoms with Crippen LogP contribution in [0.3, 0.4) is 0 Å². The molecule has 160 valence electrons. The topological polar surface area (TPSA) is 75.5 Å². The number of aromatic nitrogens is 2. The van der Waals surface area contributed by atoms with Crippen molar-refractivity contribution < 1.29 is 9.59 Å². The van der Waals surface area contributed by atoms with Gasteiger partial charge in [-0.2, -0.15) is 0 Å². The highest BCUT2D eigenvalue weighted by Gasteiger charge is 2.25. The summed E-state index contributed by atoms with van der Waals surface area (Å²) < 4.78 is 1.38. The Hall–Kier alpha value is -2.70. The van der Waals surface area contributed by atoms with Gasteiger partial charge in [0, 0.05) is 32.6 Å². The molecule has 2 aliphatic rings. The highest BCUT2D eigenvalue weighted by molar-refractivity contribution is 5.81. The number of hydrogen-bond donors (Lipinski definition) is 0. The zero-order chi connectivity index (χ0) is 21.1. The van der Waals surface area contributed by atoms with E-state index in [9.17, 15) is 14.4 Å². The molecule has 0 atom stereocenters. The summed E-state index contributed by atoms with van der Waals surface area (Å²) >= 11 is 0. The Bertz CT molecular complexity index is 986. The van der Waals surface area contributed by atoms with Crippen LogP contribution in [-0.2, 0) is 16.1 Å². The third kappa shape index (κ3) is 4.40. The molecule has 1 saturated heterocycles. The van der Waals surface area contributed by atoms with Crippen molar-refractivity contribution in [1.29, 1.82) is 0 Å². The van der Waals surface area contributed by atoms with Crippen molar-refractivity contribution in [2.45, 2.75) is 52.0 Å². The molecule has 1 aromatic carbocycles. The fraction of sp³-hybridized carbons (Fsp3) is 0.565. The van der Waals surface area contributed by atoms with Gasteiger partial charge in [-0.15, -0.1) is 0 Å². The molecule has 4 rings (SSSR count). The highest BCUT2D eigenvalue weighted by Crippen LogP contribution is 2.28. The van der Waals surface area contributed by atoms with Gasteiger partial charge in [0.2, 0.25) is 11.8 Å². The SMILES string of the molecule is Cc1cccc2c(=O)n(CC(=O)N3CCN(C(=O)CCC4CCCC4)CC3)cnc12. The number of rotatable bonds is 5. The van der Waals surface area contributed by atoms with E-state index in [1.807, 2.05) is 24.0 Å². The van der Waals surface area contributed by atoms with Gasteiger partial charge in [-0.1, -0.05) is 37.8 Å². The number of carbonyl (C=O) groups is 2. The summed E-state index contributed by atoms with van der Waals surface area (Å²) in [5.74, 6) is 0.817. The van der Waals surface area contributed by atoms with Crippen LogP contribution < -0.4 is 5.56 Å². The van der Waals surface area contributed by atoms with Crippen molar-refractivity contribution in [3.8, 4) is 0 Å². The second-order valence-electron chi connectivity index (χ2n) is 8.60. The molecule has 2 heterocycles. The molecule has 0 bridgehead atoms. The summed E-state index contributed by atoms with van der Waals surface area (Å²) in [6.07, 6.45) is 8.20. The van der Waals surface area contributed by atoms with E-state index in [2.05, 4.69) is 4.98 Å². The number of fused-ring (bicyclic) bond motifs is 1. The molecule has 30 heavy (non-hydrogen) atoms. The maximum absolute atomic E-state index is 12.7. The van der Waals surface area contributed by atoms with Gasteiger partial charge >= 0.3 is 0 Å². The fourth-order valence-corrected chi connectivity index (χ4v) is 4.69. The van der Waals surface area contributed by atoms with E-state index in [4.69, 9.17) is 0 Å². The van der Waals surface area contributed by atoms with Gasteiger partial charge in [-0.3, -0.25) is 19.0 Å². The molecule has 1 aliphatic carbocycles. The molecule has 7 nitrogen and oxygen atoms in total. The summed E-state index contributed by atoms with van der Waals surface area (Å²) in [5, 5.41) is 0.531. The van der Waals surface area contributed by atoms with Gasteiger partial charge in [-0.25, -0.2) is 4.98 Å². The lowest BCUT2D eigenvalue weighted by molar-refractivity contribution is -0.140. The quantitative estimate of drug-likeness (QED) is 0.758. The van der Waals surface area contributed by atoms with E-state index in [-0.39, 0.29) is 23.9 Å². The van der Waals surface area contributed by atoms with Crippen molar-refractivity contribution in [2.24, 2.45) is 5.92 Å². The number of para-hydroxylation sites is 1. The molecular formula is C23H30N4O3. The summed E-state index contributed by atoms with van der Waals surface area (Å²) in [6, 6.07) is 5.49. The smallest absolute Gasteiger partial charge is 0.261 e. The summed E-state index contributed by atoms with van der Waals surface area (Å²) in [5.41, 5.74) is 1.42. The highest BCUT2D eigenvalue weighted by atomic mass is 16.2. The lowest BCUT2D eigenvalue weighted by Crippen LogP contribution is -2.51. The van der Waals surface area contributed by atoms with E-state index in [0.717, 1.165) is 17.9 Å². The van der Waals surface area contributed by atoms with Gasteiger partial charge < -0.3 is 9.80 Å². The molecule has 7 heteroatoms. The largest absolute Gasteiger partial charge is 0.339 e. The first-order valence-electron chi connectivity index (χ1n) is 11.0. The lowest BCUT2D eigenvalue weighted by atomic mass is 10.0. The fourth-order valence-electron chi connectivity index (χ4n) is 4.69. The summed E-state index contributed by atoms with van der Waals surface area (Å²) in [7, 11) is 0. The standard InChI is InChI=1S/C23H30N4O3/c1-17-5-4-8-19-22(17)24-16-27(23(19)30)15-21(29)26-13-11-25(12-14-26)20(28)10-9-18-6-2-3-7-18/h4-5,8,16,18H,2-3,6-7,9-15H2,1H3. The molecule has 0 N–H and O–H groups in total. The van der Waals surface area contributed by atoms with Crippen LogP contribution in [0.1, 0.15) is 44.1 Å². The van der Waals surface area contributed by atoms with Gasteiger partial charge in [0.25, 0.3) is 5.56 Å². The molecule has 2 aromatic rings. The van der Waals surface area contributed by atoms with Gasteiger partial charge in [-0.05, 0) is 30.9 Å². The van der Waals surface area contributed by atoms with Crippen LogP contribution >= 0.6 is 0 Å². The van der Waals surface area contributed by atoms with Crippen molar-refractivity contribution in [1.82, 2.24) is 19.4 Å². The van der Waals surface area contributed by atoms with Gasteiger partial charge in [0.15, 0.2) is 0 Å². The van der Waals surface area contributed by atoms with Crippen LogP contribution in [0, 0.1) is 12.8 Å². The second kappa shape index (κ2) is 8.98. The third-order valence-corrected chi connectivity index (χ3v) is 6.59. The predicted octanol–water partition coefficient (Wildman–Crippen LogP) is 2.35. The molecule has 2 fully saturated rings. The number of hydrogen-bond acceptors (Lipinski definition) is 4. The number of benzene rings is 1. The van der Waals surface area contributed by atoms with E-state index in [1.165, 1.54) is 36.6 Å². The molecule has 1 aliphatic heterocycles. The first kappa shape index (κ1) is 20.6. The monoisotopic (exact) mass is 410 g/mol. The molecule has 0 unspecified atom stereocenters. The predicted molar refractivity (Wildman–Crippen MR) is 115 cm³/mol. The van der Waals surface area contributed by atoms with Crippen molar-refractivity contribution in [2.75, 3.05) is 26.2 Å². The molecule has 0 radical (unpaired) electrons. The van der Waals surface area contributed by atoms with Gasteiger partial charge in [0.1, 0.15) is 6.54 Å². The second-order valence-corrected chi connectivity index (χ2v) is 8.60. The first-order valence-corrected chi connectivity index (χ1v) is 11.0. The number of amides is 2. The first-order chi connectivity index (χ1) is 14.5. The minimum Gasteiger partial charge on any atom is -0.339 e. The van der Waals surface area contributed by atoms with Crippen LogP contribution in [-0.4, -0.2) is 57.3 Å². The van der Waals surface area contributed by atoms with E-state index in [0.29, 0.717) is 43.5 Å².